The number of nitrogens with zero attached hydrogens (tertiary/aromatic N) is 5. The fraction of sp³-hybridized carbons (Fsp3) is 0.759. The first-order valence-corrected chi connectivity index (χ1v) is 15.6. The lowest BCUT2D eigenvalue weighted by atomic mass is 9.76. The number of hydrogen-bond acceptors (Lipinski definition) is 9. The summed E-state index contributed by atoms with van der Waals surface area (Å²) in [4.78, 5) is 32.7. The number of rotatable bonds is 4. The summed E-state index contributed by atoms with van der Waals surface area (Å²) in [6.45, 7) is 10.3. The number of halogens is 1. The monoisotopic (exact) mass is 584 g/mol. The molecule has 9 atom stereocenters. The number of urea groups is 1. The van der Waals surface area contributed by atoms with Gasteiger partial charge in [0.1, 0.15) is 12.3 Å². The summed E-state index contributed by atoms with van der Waals surface area (Å²) in [6.07, 6.45) is 4.85. The van der Waals surface area contributed by atoms with Crippen LogP contribution in [-0.2, 0) is 4.79 Å². The Morgan fingerprint density at radius 3 is 2.86 bits per heavy atom. The number of piperidine rings is 2. The van der Waals surface area contributed by atoms with Crippen LogP contribution in [0.4, 0.5) is 9.18 Å². The van der Waals surface area contributed by atoms with Crippen molar-refractivity contribution in [3.05, 3.63) is 24.6 Å². The number of carbonyl (C=O) groups excluding carboxylic acids is 2. The Morgan fingerprint density at radius 1 is 1.26 bits per heavy atom. The van der Waals surface area contributed by atoms with Crippen molar-refractivity contribution in [1.29, 1.82) is 5.26 Å². The zero-order valence-corrected chi connectivity index (χ0v) is 24.6. The number of fused-ring (bicyclic) bond motifs is 5. The highest BCUT2D eigenvalue weighted by Crippen LogP contribution is 2.40. The molecule has 0 radical (unpaired) electrons. The molecule has 6 heterocycles. The number of alkyl halides is 1. The lowest BCUT2D eigenvalue weighted by Crippen LogP contribution is -2.80. The molecule has 0 aromatic heterocycles. The van der Waals surface area contributed by atoms with Crippen LogP contribution >= 0.6 is 0 Å². The van der Waals surface area contributed by atoms with Crippen molar-refractivity contribution in [3.8, 4) is 6.07 Å². The van der Waals surface area contributed by atoms with Crippen molar-refractivity contribution in [2.45, 2.75) is 95.2 Å². The van der Waals surface area contributed by atoms with Gasteiger partial charge in [-0.3, -0.25) is 20.0 Å². The van der Waals surface area contributed by atoms with Gasteiger partial charge in [0, 0.05) is 43.5 Å². The third kappa shape index (κ3) is 5.23. The summed E-state index contributed by atoms with van der Waals surface area (Å²) < 4.78 is 16.1. The lowest BCUT2D eigenvalue weighted by molar-refractivity contribution is -0.134. The Kier molecular flexibility index (Phi) is 8.33. The third-order valence-electron chi connectivity index (χ3n) is 10.2. The van der Waals surface area contributed by atoms with Gasteiger partial charge in [0.05, 0.1) is 36.9 Å². The van der Waals surface area contributed by atoms with Gasteiger partial charge < -0.3 is 25.9 Å². The van der Waals surface area contributed by atoms with Gasteiger partial charge in [-0.25, -0.2) is 9.18 Å². The standard InChI is InChI=1S/C29H45FN10O2/c1-4-23(41)38-13-12-37(16-20(38)8-10-31)26-21-14-22(30)28-33-27(21)40(29(42)34-26)25-18(9-11-32-24(25)17(2)3)6-5-7-19-15-39(28)36-35-19/h4,15,17-18,20-22,24-28,32-33,35-36H,1,5-9,11-14,16H2,2-3H3,(H,34,42). The molecule has 0 saturated carbocycles. The van der Waals surface area contributed by atoms with Crippen LogP contribution in [0.25, 0.3) is 0 Å². The van der Waals surface area contributed by atoms with E-state index >= 15 is 4.39 Å². The molecule has 230 valence electrons. The topological polar surface area (TPSA) is 131 Å². The summed E-state index contributed by atoms with van der Waals surface area (Å²) in [7, 11) is 0. The second kappa shape index (κ2) is 12.0. The van der Waals surface area contributed by atoms with E-state index in [0.717, 1.165) is 37.9 Å². The zero-order valence-electron chi connectivity index (χ0n) is 24.6. The molecule has 6 aliphatic heterocycles. The minimum Gasteiger partial charge on any atom is -0.333 e. The van der Waals surface area contributed by atoms with E-state index in [1.807, 2.05) is 11.1 Å². The van der Waals surface area contributed by atoms with Crippen molar-refractivity contribution in [2.24, 2.45) is 17.8 Å². The zero-order chi connectivity index (χ0) is 29.5. The first kappa shape index (κ1) is 29.2. The van der Waals surface area contributed by atoms with E-state index in [-0.39, 0.29) is 48.8 Å². The van der Waals surface area contributed by atoms with Gasteiger partial charge in [-0.15, -0.1) is 5.53 Å². The highest BCUT2D eigenvalue weighted by molar-refractivity contribution is 5.87. The Labute approximate surface area is 247 Å². The maximum Gasteiger partial charge on any atom is 0.320 e. The SMILES string of the molecule is C=CC(=O)N1CCN(C2NC(=O)N3C4NC(C(F)CC24)N2C=C(CCCC4CCNC(C(C)C)C43)NN2)CC1CC#N. The molecule has 13 heteroatoms. The normalized spacial score (nSPS) is 38.7. The number of amides is 3. The quantitative estimate of drug-likeness (QED) is 0.306. The lowest BCUT2D eigenvalue weighted by Gasteiger charge is -2.59. The molecule has 0 spiro atoms. The van der Waals surface area contributed by atoms with E-state index in [0.29, 0.717) is 31.5 Å². The first-order valence-electron chi connectivity index (χ1n) is 15.6. The molecule has 6 rings (SSSR count). The predicted octanol–water partition coefficient (Wildman–Crippen LogP) is 0.903. The molecular formula is C29H45FN10O2. The second-order valence-corrected chi connectivity index (χ2v) is 13.0. The van der Waals surface area contributed by atoms with E-state index in [2.05, 4.69) is 58.3 Å². The van der Waals surface area contributed by atoms with Gasteiger partial charge >= 0.3 is 6.03 Å². The van der Waals surface area contributed by atoms with Crippen molar-refractivity contribution in [1.82, 2.24) is 46.6 Å². The van der Waals surface area contributed by atoms with Crippen molar-refractivity contribution in [2.75, 3.05) is 26.2 Å². The molecular weight excluding hydrogens is 539 g/mol. The predicted molar refractivity (Wildman–Crippen MR) is 154 cm³/mol. The van der Waals surface area contributed by atoms with Crippen LogP contribution in [0.1, 0.15) is 52.4 Å². The fourth-order valence-electron chi connectivity index (χ4n) is 8.27. The van der Waals surface area contributed by atoms with Crippen LogP contribution in [0, 0.1) is 29.1 Å². The van der Waals surface area contributed by atoms with Crippen LogP contribution in [0.15, 0.2) is 24.6 Å². The smallest absolute Gasteiger partial charge is 0.320 e. The maximum atomic E-state index is 16.1. The van der Waals surface area contributed by atoms with Gasteiger partial charge in [-0.05, 0) is 56.6 Å². The van der Waals surface area contributed by atoms with Crippen LogP contribution in [0.3, 0.4) is 0 Å². The fourth-order valence-corrected chi connectivity index (χ4v) is 8.27. The minimum absolute atomic E-state index is 0.0353. The molecule has 42 heavy (non-hydrogen) atoms. The number of hydrazine groups is 2. The molecule has 9 unspecified atom stereocenters. The van der Waals surface area contributed by atoms with E-state index in [4.69, 9.17) is 0 Å². The van der Waals surface area contributed by atoms with Crippen LogP contribution < -0.4 is 26.9 Å². The van der Waals surface area contributed by atoms with Crippen LogP contribution in [-0.4, -0.2) is 101 Å². The van der Waals surface area contributed by atoms with Gasteiger partial charge in [-0.1, -0.05) is 20.4 Å². The number of nitriles is 1. The molecule has 0 aliphatic carbocycles. The summed E-state index contributed by atoms with van der Waals surface area (Å²) in [5.74, 6) is 0.199. The van der Waals surface area contributed by atoms with E-state index < -0.39 is 24.7 Å². The van der Waals surface area contributed by atoms with E-state index in [1.54, 1.807) is 9.91 Å². The summed E-state index contributed by atoms with van der Waals surface area (Å²) in [6, 6.07) is 1.83. The van der Waals surface area contributed by atoms with Crippen LogP contribution in [0.5, 0.6) is 0 Å². The summed E-state index contributed by atoms with van der Waals surface area (Å²) >= 11 is 0. The minimum atomic E-state index is -1.20. The van der Waals surface area contributed by atoms with Crippen molar-refractivity contribution >= 4 is 11.9 Å². The average Bonchev–Trinajstić information content (AvgIpc) is 3.45. The average molecular weight is 585 g/mol. The van der Waals surface area contributed by atoms with E-state index in [9.17, 15) is 14.9 Å². The highest BCUT2D eigenvalue weighted by atomic mass is 19.1. The maximum absolute atomic E-state index is 16.1. The Bertz CT molecular complexity index is 1130. The summed E-state index contributed by atoms with van der Waals surface area (Å²) in [5.41, 5.74) is 7.40. The highest BCUT2D eigenvalue weighted by Gasteiger charge is 2.56. The molecule has 3 amide bonds. The van der Waals surface area contributed by atoms with Gasteiger partial charge in [0.2, 0.25) is 5.91 Å². The van der Waals surface area contributed by atoms with Gasteiger partial charge in [0.15, 0.2) is 0 Å². The molecule has 0 aromatic carbocycles. The van der Waals surface area contributed by atoms with Gasteiger partial charge in [0.25, 0.3) is 0 Å². The molecule has 4 fully saturated rings. The molecule has 4 bridgehead atoms. The molecule has 12 nitrogen and oxygen atoms in total. The molecule has 4 saturated heterocycles. The van der Waals surface area contributed by atoms with Crippen LogP contribution in [0.2, 0.25) is 0 Å². The third-order valence-corrected chi connectivity index (χ3v) is 10.2. The second-order valence-electron chi connectivity index (χ2n) is 13.0. The number of hydrogen-bond donors (Lipinski definition) is 5. The first-order chi connectivity index (χ1) is 20.3. The van der Waals surface area contributed by atoms with Crippen molar-refractivity contribution < 1.29 is 14.0 Å². The molecule has 5 N–H and O–H groups in total. The van der Waals surface area contributed by atoms with Gasteiger partial charge in [-0.2, -0.15) is 5.26 Å². The number of nitrogens with one attached hydrogen (secondary N) is 5. The Hall–Kier alpha value is -2.92. The van der Waals surface area contributed by atoms with E-state index in [1.165, 1.54) is 6.08 Å². The number of piperazine rings is 1. The Balaban J connectivity index is 1.35. The number of carbonyl (C=O) groups is 2. The summed E-state index contributed by atoms with van der Waals surface area (Å²) in [5, 5.41) is 21.9. The Morgan fingerprint density at radius 2 is 2.10 bits per heavy atom. The number of allylic oxidation sites excluding steroid dienone is 1. The molecule has 6 aliphatic rings. The largest absolute Gasteiger partial charge is 0.333 e. The molecule has 0 aromatic rings. The van der Waals surface area contributed by atoms with Crippen molar-refractivity contribution in [3.63, 3.8) is 0 Å².